The Labute approximate surface area is 104 Å². The number of nitrogens with one attached hydrogen (secondary N) is 2. The number of hydrogen-bond donors (Lipinski definition) is 2. The second-order valence-electron chi connectivity index (χ2n) is 3.39. The first-order valence-corrected chi connectivity index (χ1v) is 5.42. The van der Waals surface area contributed by atoms with E-state index in [4.69, 9.17) is 23.8 Å². The average molecular weight is 259 g/mol. The van der Waals surface area contributed by atoms with Gasteiger partial charge in [0.1, 0.15) is 5.82 Å². The van der Waals surface area contributed by atoms with Gasteiger partial charge in [0.25, 0.3) is 0 Å². The fraction of sp³-hybridized carbons (Fsp3) is 0.182. The van der Waals surface area contributed by atoms with Gasteiger partial charge in [0.05, 0.1) is 5.69 Å². The summed E-state index contributed by atoms with van der Waals surface area (Å²) < 4.78 is 13.3. The molecular weight excluding hydrogens is 247 g/mol. The predicted octanol–water partition coefficient (Wildman–Crippen LogP) is 3.34. The van der Waals surface area contributed by atoms with Crippen molar-refractivity contribution in [1.29, 1.82) is 0 Å². The standard InChI is InChI=1S/C11H12ClFN2S/c1-7(2)6-14-11(16)15-10-5-8(12)3-4-9(10)13/h3-5H,1,6H2,2H3,(H2,14,15,16). The molecule has 0 radical (unpaired) electrons. The summed E-state index contributed by atoms with van der Waals surface area (Å²) >= 11 is 10.7. The summed E-state index contributed by atoms with van der Waals surface area (Å²) in [7, 11) is 0. The molecule has 0 spiro atoms. The number of hydrogen-bond acceptors (Lipinski definition) is 1. The molecule has 0 bridgehead atoms. The zero-order chi connectivity index (χ0) is 12.1. The molecule has 16 heavy (non-hydrogen) atoms. The molecule has 0 fully saturated rings. The van der Waals surface area contributed by atoms with Crippen LogP contribution in [0.4, 0.5) is 10.1 Å². The number of rotatable bonds is 3. The molecule has 5 heteroatoms. The van der Waals surface area contributed by atoms with Gasteiger partial charge in [-0.15, -0.1) is 0 Å². The average Bonchev–Trinajstić information content (AvgIpc) is 2.20. The minimum atomic E-state index is -0.399. The maximum Gasteiger partial charge on any atom is 0.171 e. The van der Waals surface area contributed by atoms with Crippen molar-refractivity contribution in [2.75, 3.05) is 11.9 Å². The minimum Gasteiger partial charge on any atom is -0.359 e. The van der Waals surface area contributed by atoms with E-state index in [2.05, 4.69) is 17.2 Å². The summed E-state index contributed by atoms with van der Waals surface area (Å²) in [5.74, 6) is -0.399. The summed E-state index contributed by atoms with van der Waals surface area (Å²) in [4.78, 5) is 0. The molecule has 86 valence electrons. The third kappa shape index (κ3) is 4.16. The summed E-state index contributed by atoms with van der Waals surface area (Å²) in [5.41, 5.74) is 1.20. The Morgan fingerprint density at radius 1 is 1.56 bits per heavy atom. The first kappa shape index (κ1) is 12.9. The van der Waals surface area contributed by atoms with E-state index in [1.165, 1.54) is 18.2 Å². The van der Waals surface area contributed by atoms with Gasteiger partial charge in [-0.3, -0.25) is 0 Å². The van der Waals surface area contributed by atoms with Gasteiger partial charge in [0.2, 0.25) is 0 Å². The number of halogens is 2. The zero-order valence-corrected chi connectivity index (χ0v) is 10.4. The van der Waals surface area contributed by atoms with Gasteiger partial charge in [-0.05, 0) is 37.3 Å². The highest BCUT2D eigenvalue weighted by atomic mass is 35.5. The smallest absolute Gasteiger partial charge is 0.171 e. The summed E-state index contributed by atoms with van der Waals surface area (Å²) in [6, 6.07) is 4.24. The first-order chi connectivity index (χ1) is 7.49. The molecule has 0 amide bonds. The highest BCUT2D eigenvalue weighted by molar-refractivity contribution is 7.80. The summed E-state index contributed by atoms with van der Waals surface area (Å²) in [5, 5.41) is 6.40. The monoisotopic (exact) mass is 258 g/mol. The Morgan fingerprint density at radius 3 is 2.88 bits per heavy atom. The summed E-state index contributed by atoms with van der Waals surface area (Å²) in [6.07, 6.45) is 0. The quantitative estimate of drug-likeness (QED) is 0.642. The van der Waals surface area contributed by atoms with Crippen LogP contribution in [0.5, 0.6) is 0 Å². The van der Waals surface area contributed by atoms with Gasteiger partial charge >= 0.3 is 0 Å². The molecule has 2 nitrogen and oxygen atoms in total. The number of anilines is 1. The van der Waals surface area contributed by atoms with Gasteiger partial charge in [-0.25, -0.2) is 4.39 Å². The van der Waals surface area contributed by atoms with E-state index in [-0.39, 0.29) is 5.69 Å². The van der Waals surface area contributed by atoms with Crippen LogP contribution >= 0.6 is 23.8 Å². The SMILES string of the molecule is C=C(C)CNC(=S)Nc1cc(Cl)ccc1F. The van der Waals surface area contributed by atoms with Gasteiger partial charge in [-0.2, -0.15) is 0 Å². The normalized spacial score (nSPS) is 9.69. The Kier molecular flexibility index (Phi) is 4.71. The molecule has 0 aliphatic heterocycles. The number of benzene rings is 1. The highest BCUT2D eigenvalue weighted by Gasteiger charge is 2.04. The molecule has 0 unspecified atom stereocenters. The lowest BCUT2D eigenvalue weighted by Gasteiger charge is -2.11. The van der Waals surface area contributed by atoms with Crippen LogP contribution in [0.2, 0.25) is 5.02 Å². The van der Waals surface area contributed by atoms with Crippen LogP contribution in [0.1, 0.15) is 6.92 Å². The minimum absolute atomic E-state index is 0.256. The maximum absolute atomic E-state index is 13.3. The maximum atomic E-state index is 13.3. The largest absolute Gasteiger partial charge is 0.359 e. The van der Waals surface area contributed by atoms with E-state index in [0.717, 1.165) is 5.57 Å². The zero-order valence-electron chi connectivity index (χ0n) is 8.81. The van der Waals surface area contributed by atoms with Gasteiger partial charge in [0.15, 0.2) is 5.11 Å². The topological polar surface area (TPSA) is 24.1 Å². The Morgan fingerprint density at radius 2 is 2.25 bits per heavy atom. The lowest BCUT2D eigenvalue weighted by atomic mass is 10.3. The van der Waals surface area contributed by atoms with Crippen LogP contribution in [0.3, 0.4) is 0 Å². The van der Waals surface area contributed by atoms with Crippen molar-refractivity contribution in [3.05, 3.63) is 41.2 Å². The molecule has 1 aromatic carbocycles. The molecule has 0 saturated carbocycles. The molecular formula is C11H12ClFN2S. The molecule has 1 aromatic rings. The van der Waals surface area contributed by atoms with Crippen LogP contribution in [0.25, 0.3) is 0 Å². The van der Waals surface area contributed by atoms with Crippen molar-refractivity contribution in [1.82, 2.24) is 5.32 Å². The van der Waals surface area contributed by atoms with E-state index in [9.17, 15) is 4.39 Å². The van der Waals surface area contributed by atoms with E-state index < -0.39 is 5.82 Å². The molecule has 0 aliphatic rings. The predicted molar refractivity (Wildman–Crippen MR) is 70.4 cm³/mol. The lowest BCUT2D eigenvalue weighted by Crippen LogP contribution is -2.29. The third-order valence-electron chi connectivity index (χ3n) is 1.73. The second-order valence-corrected chi connectivity index (χ2v) is 4.23. The lowest BCUT2D eigenvalue weighted by molar-refractivity contribution is 0.632. The summed E-state index contributed by atoms with van der Waals surface area (Å²) in [6.45, 7) is 6.14. The second kappa shape index (κ2) is 5.82. The van der Waals surface area contributed by atoms with E-state index in [1.807, 2.05) is 6.92 Å². The molecule has 0 saturated heterocycles. The number of thiocarbonyl (C=S) groups is 1. The van der Waals surface area contributed by atoms with Crippen LogP contribution in [0, 0.1) is 5.82 Å². The first-order valence-electron chi connectivity index (χ1n) is 4.63. The van der Waals surface area contributed by atoms with Crippen molar-refractivity contribution in [2.24, 2.45) is 0 Å². The van der Waals surface area contributed by atoms with E-state index >= 15 is 0 Å². The molecule has 1 rings (SSSR count). The highest BCUT2D eigenvalue weighted by Crippen LogP contribution is 2.19. The van der Waals surface area contributed by atoms with Gasteiger partial charge in [-0.1, -0.05) is 23.8 Å². The van der Waals surface area contributed by atoms with Crippen LogP contribution in [-0.4, -0.2) is 11.7 Å². The third-order valence-corrected chi connectivity index (χ3v) is 2.21. The van der Waals surface area contributed by atoms with E-state index in [0.29, 0.717) is 16.7 Å². The van der Waals surface area contributed by atoms with Crippen molar-refractivity contribution in [3.63, 3.8) is 0 Å². The fourth-order valence-corrected chi connectivity index (χ4v) is 1.35. The Balaban J connectivity index is 2.62. The Bertz CT molecular complexity index is 420. The molecule has 0 atom stereocenters. The fourth-order valence-electron chi connectivity index (χ4n) is 0.991. The van der Waals surface area contributed by atoms with Crippen molar-refractivity contribution in [3.8, 4) is 0 Å². The van der Waals surface area contributed by atoms with Crippen LogP contribution in [0.15, 0.2) is 30.4 Å². The van der Waals surface area contributed by atoms with Gasteiger partial charge < -0.3 is 10.6 Å². The van der Waals surface area contributed by atoms with Crippen molar-refractivity contribution >= 4 is 34.6 Å². The molecule has 0 aliphatic carbocycles. The van der Waals surface area contributed by atoms with E-state index in [1.54, 1.807) is 0 Å². The van der Waals surface area contributed by atoms with Gasteiger partial charge in [0, 0.05) is 11.6 Å². The van der Waals surface area contributed by atoms with Crippen LogP contribution in [-0.2, 0) is 0 Å². The Hall–Kier alpha value is -1.13. The van der Waals surface area contributed by atoms with Crippen molar-refractivity contribution < 1.29 is 4.39 Å². The van der Waals surface area contributed by atoms with Crippen molar-refractivity contribution in [2.45, 2.75) is 6.92 Å². The molecule has 0 aromatic heterocycles. The molecule has 2 N–H and O–H groups in total. The van der Waals surface area contributed by atoms with Crippen LogP contribution < -0.4 is 10.6 Å². The molecule has 0 heterocycles.